The van der Waals surface area contributed by atoms with Gasteiger partial charge in [0.15, 0.2) is 5.11 Å². The lowest BCUT2D eigenvalue weighted by Crippen LogP contribution is -2.39. The Balaban J connectivity index is 3.65. The fraction of sp³-hybridized carbons (Fsp3) is 0.909. The van der Waals surface area contributed by atoms with Crippen molar-refractivity contribution in [2.24, 2.45) is 11.8 Å². The first-order valence-electron chi connectivity index (χ1n) is 5.42. The molecule has 0 amide bonds. The largest absolute Gasteiger partial charge is 0.362 e. The van der Waals surface area contributed by atoms with E-state index in [4.69, 9.17) is 12.2 Å². The maximum Gasteiger partial charge on any atom is 0.168 e. The molecule has 0 saturated carbocycles. The third-order valence-electron chi connectivity index (χ3n) is 2.05. The quantitative estimate of drug-likeness (QED) is 0.711. The number of hydrogen-bond acceptors (Lipinski definition) is 1. The van der Waals surface area contributed by atoms with Gasteiger partial charge in [-0.3, -0.25) is 0 Å². The minimum atomic E-state index is 0.645. The first-order valence-corrected chi connectivity index (χ1v) is 5.83. The molecule has 0 atom stereocenters. The Morgan fingerprint density at radius 2 is 1.79 bits per heavy atom. The average Bonchev–Trinajstić information content (AvgIpc) is 2.09. The molecule has 84 valence electrons. The molecule has 2 nitrogen and oxygen atoms in total. The molecule has 0 aromatic rings. The van der Waals surface area contributed by atoms with Crippen LogP contribution in [0.1, 0.15) is 34.1 Å². The highest BCUT2D eigenvalue weighted by Gasteiger charge is 2.04. The maximum absolute atomic E-state index is 5.26. The molecule has 0 aromatic heterocycles. The van der Waals surface area contributed by atoms with Crippen molar-refractivity contribution in [3.63, 3.8) is 0 Å². The first kappa shape index (κ1) is 13.7. The fourth-order valence-electron chi connectivity index (χ4n) is 0.980. The van der Waals surface area contributed by atoms with Gasteiger partial charge in [-0.25, -0.2) is 0 Å². The molecule has 0 heterocycles. The molecular formula is C11H24N2S. The summed E-state index contributed by atoms with van der Waals surface area (Å²) in [5.74, 6) is 1.39. The molecule has 0 rings (SSSR count). The van der Waals surface area contributed by atoms with Gasteiger partial charge < -0.3 is 10.2 Å². The molecule has 0 aliphatic heterocycles. The maximum atomic E-state index is 5.26. The fourth-order valence-corrected chi connectivity index (χ4v) is 1.15. The van der Waals surface area contributed by atoms with Crippen LogP contribution in [-0.4, -0.2) is 30.1 Å². The topological polar surface area (TPSA) is 15.3 Å². The second-order valence-electron chi connectivity index (χ2n) is 4.68. The van der Waals surface area contributed by atoms with Gasteiger partial charge in [0, 0.05) is 20.1 Å². The summed E-state index contributed by atoms with van der Waals surface area (Å²) in [7, 11) is 2.05. The van der Waals surface area contributed by atoms with Crippen LogP contribution in [0.2, 0.25) is 0 Å². The van der Waals surface area contributed by atoms with Gasteiger partial charge in [0.1, 0.15) is 0 Å². The van der Waals surface area contributed by atoms with Crippen LogP contribution in [-0.2, 0) is 0 Å². The zero-order chi connectivity index (χ0) is 11.1. The number of nitrogens with one attached hydrogen (secondary N) is 1. The van der Waals surface area contributed by atoms with Crippen LogP contribution in [0, 0.1) is 11.8 Å². The Kier molecular flexibility index (Phi) is 6.89. The van der Waals surface area contributed by atoms with Gasteiger partial charge in [-0.1, -0.05) is 27.7 Å². The molecule has 0 bridgehead atoms. The monoisotopic (exact) mass is 216 g/mol. The predicted molar refractivity (Wildman–Crippen MR) is 67.5 cm³/mol. The Morgan fingerprint density at radius 1 is 1.21 bits per heavy atom. The SMILES string of the molecule is CC(C)CCN(C)C(=S)NCC(C)C. The zero-order valence-corrected chi connectivity index (χ0v) is 10.9. The summed E-state index contributed by atoms with van der Waals surface area (Å²) in [4.78, 5) is 2.12. The Bertz CT molecular complexity index is 167. The molecule has 14 heavy (non-hydrogen) atoms. The minimum absolute atomic E-state index is 0.645. The van der Waals surface area contributed by atoms with Crippen molar-refractivity contribution in [2.45, 2.75) is 34.1 Å². The van der Waals surface area contributed by atoms with Crippen LogP contribution in [0.4, 0.5) is 0 Å². The highest BCUT2D eigenvalue weighted by atomic mass is 32.1. The third-order valence-corrected chi connectivity index (χ3v) is 2.51. The Labute approximate surface area is 94.1 Å². The molecule has 3 heteroatoms. The molecule has 0 radical (unpaired) electrons. The van der Waals surface area contributed by atoms with Crippen molar-refractivity contribution in [3.8, 4) is 0 Å². The number of nitrogens with zero attached hydrogens (tertiary/aromatic N) is 1. The van der Waals surface area contributed by atoms with Gasteiger partial charge in [-0.15, -0.1) is 0 Å². The van der Waals surface area contributed by atoms with E-state index in [1.807, 2.05) is 0 Å². The molecular weight excluding hydrogens is 192 g/mol. The molecule has 0 saturated heterocycles. The lowest BCUT2D eigenvalue weighted by molar-refractivity contribution is 0.428. The highest BCUT2D eigenvalue weighted by molar-refractivity contribution is 7.80. The van der Waals surface area contributed by atoms with E-state index < -0.39 is 0 Å². The van der Waals surface area contributed by atoms with Gasteiger partial charge in [-0.2, -0.15) is 0 Å². The van der Waals surface area contributed by atoms with Gasteiger partial charge in [0.25, 0.3) is 0 Å². The van der Waals surface area contributed by atoms with Crippen LogP contribution >= 0.6 is 12.2 Å². The molecule has 0 aliphatic carbocycles. The van der Waals surface area contributed by atoms with Gasteiger partial charge in [-0.05, 0) is 30.5 Å². The van der Waals surface area contributed by atoms with Crippen LogP contribution < -0.4 is 5.32 Å². The molecule has 0 aliphatic rings. The second-order valence-corrected chi connectivity index (χ2v) is 5.07. The van der Waals surface area contributed by atoms with Crippen molar-refractivity contribution < 1.29 is 0 Å². The van der Waals surface area contributed by atoms with Crippen molar-refractivity contribution in [1.29, 1.82) is 0 Å². The van der Waals surface area contributed by atoms with E-state index in [-0.39, 0.29) is 0 Å². The Hall–Kier alpha value is -0.310. The predicted octanol–water partition coefficient (Wildman–Crippen LogP) is 2.49. The minimum Gasteiger partial charge on any atom is -0.362 e. The molecule has 0 aromatic carbocycles. The summed E-state index contributed by atoms with van der Waals surface area (Å²) in [5, 5.41) is 4.14. The van der Waals surface area contributed by atoms with E-state index in [1.54, 1.807) is 0 Å². The zero-order valence-electron chi connectivity index (χ0n) is 10.1. The van der Waals surface area contributed by atoms with Gasteiger partial charge >= 0.3 is 0 Å². The average molecular weight is 216 g/mol. The lowest BCUT2D eigenvalue weighted by atomic mass is 10.1. The Morgan fingerprint density at radius 3 is 2.21 bits per heavy atom. The smallest absolute Gasteiger partial charge is 0.168 e. The summed E-state index contributed by atoms with van der Waals surface area (Å²) in [5.41, 5.74) is 0. The van der Waals surface area contributed by atoms with Gasteiger partial charge in [0.05, 0.1) is 0 Å². The van der Waals surface area contributed by atoms with Crippen LogP contribution in [0.3, 0.4) is 0 Å². The standard InChI is InChI=1S/C11H24N2S/c1-9(2)6-7-13(5)11(14)12-8-10(3)4/h9-10H,6-8H2,1-5H3,(H,12,14). The van der Waals surface area contributed by atoms with Crippen molar-refractivity contribution in [1.82, 2.24) is 10.2 Å². The summed E-state index contributed by atoms with van der Waals surface area (Å²) < 4.78 is 0. The normalized spacial score (nSPS) is 10.8. The van der Waals surface area contributed by atoms with Crippen LogP contribution in [0.5, 0.6) is 0 Å². The van der Waals surface area contributed by atoms with Crippen LogP contribution in [0.25, 0.3) is 0 Å². The van der Waals surface area contributed by atoms with Crippen molar-refractivity contribution >= 4 is 17.3 Å². The van der Waals surface area contributed by atoms with Crippen molar-refractivity contribution in [3.05, 3.63) is 0 Å². The number of thiocarbonyl (C=S) groups is 1. The molecule has 1 N–H and O–H groups in total. The van der Waals surface area contributed by atoms with E-state index in [2.05, 4.69) is 45.0 Å². The summed E-state index contributed by atoms with van der Waals surface area (Å²) in [6.07, 6.45) is 1.19. The highest BCUT2D eigenvalue weighted by Crippen LogP contribution is 2.00. The second kappa shape index (κ2) is 7.04. The molecule has 0 fully saturated rings. The van der Waals surface area contributed by atoms with E-state index in [9.17, 15) is 0 Å². The van der Waals surface area contributed by atoms with Crippen molar-refractivity contribution in [2.75, 3.05) is 20.1 Å². The third kappa shape index (κ3) is 7.13. The van der Waals surface area contributed by atoms with E-state index >= 15 is 0 Å². The van der Waals surface area contributed by atoms with Crippen LogP contribution in [0.15, 0.2) is 0 Å². The summed E-state index contributed by atoms with van der Waals surface area (Å²) >= 11 is 5.26. The number of rotatable bonds is 5. The van der Waals surface area contributed by atoms with Gasteiger partial charge in [0.2, 0.25) is 0 Å². The molecule has 0 spiro atoms. The van der Waals surface area contributed by atoms with E-state index in [0.29, 0.717) is 5.92 Å². The first-order chi connectivity index (χ1) is 6.43. The summed E-state index contributed by atoms with van der Waals surface area (Å²) in [6.45, 7) is 10.8. The van der Waals surface area contributed by atoms with E-state index in [0.717, 1.165) is 24.1 Å². The number of hydrogen-bond donors (Lipinski definition) is 1. The lowest BCUT2D eigenvalue weighted by Gasteiger charge is -2.22. The summed E-state index contributed by atoms with van der Waals surface area (Å²) in [6, 6.07) is 0. The van der Waals surface area contributed by atoms with E-state index in [1.165, 1.54) is 6.42 Å². The molecule has 0 unspecified atom stereocenters.